The lowest BCUT2D eigenvalue weighted by atomic mass is 9.21. The number of rotatable bonds is 2. The topological polar surface area (TPSA) is 60.0 Å². The molecule has 0 amide bonds. The van der Waals surface area contributed by atoms with E-state index in [9.17, 15) is 5.11 Å². The molecule has 0 aromatic rings. The van der Waals surface area contributed by atoms with Crippen LogP contribution in [0.25, 0.3) is 0 Å². The fourth-order valence-electron chi connectivity index (χ4n) is 9.12. The van der Waals surface area contributed by atoms with Crippen LogP contribution in [0, 0.1) is 16.2 Å². The first-order valence-electron chi connectivity index (χ1n) is 10.9. The van der Waals surface area contributed by atoms with Gasteiger partial charge in [-0.2, -0.15) is 0 Å². The molecule has 2 heterocycles. The number of aliphatic hydroxyl groups is 1. The van der Waals surface area contributed by atoms with Gasteiger partial charge in [0.25, 0.3) is 0 Å². The van der Waals surface area contributed by atoms with Crippen molar-refractivity contribution in [3.8, 4) is 0 Å². The van der Waals surface area contributed by atoms with Crippen molar-refractivity contribution in [1.82, 2.24) is 5.32 Å². The molecule has 6 aliphatic rings. The highest BCUT2D eigenvalue weighted by Gasteiger charge is 2.90. The molecule has 0 bridgehead atoms. The summed E-state index contributed by atoms with van der Waals surface area (Å²) in [5, 5.41) is 15.7. The summed E-state index contributed by atoms with van der Waals surface area (Å²) in [6.07, 6.45) is 6.16. The molecule has 5 heteroatoms. The molecular weight excluding hydrogens is 354 g/mol. The smallest absolute Gasteiger partial charge is 0.177 e. The molecule has 1 spiro atoms. The molecule has 2 aliphatic heterocycles. The average molecular weight is 388 g/mol. The first-order chi connectivity index (χ1) is 13.2. The van der Waals surface area contributed by atoms with Gasteiger partial charge in [0.2, 0.25) is 0 Å². The van der Waals surface area contributed by atoms with E-state index in [-0.39, 0.29) is 46.4 Å². The molecule has 5 nitrogen and oxygen atoms in total. The van der Waals surface area contributed by atoms with Crippen LogP contribution in [0.3, 0.4) is 0 Å². The number of nitrogens with one attached hydrogen (secondary N) is 1. The third-order valence-electron chi connectivity index (χ3n) is 10.4. The Labute approximate surface area is 167 Å². The Hall–Kier alpha value is -0.720. The zero-order valence-corrected chi connectivity index (χ0v) is 17.5. The van der Waals surface area contributed by atoms with Crippen molar-refractivity contribution >= 4 is 0 Å². The van der Waals surface area contributed by atoms with Crippen molar-refractivity contribution < 1.29 is 19.3 Å². The maximum atomic E-state index is 11.9. The van der Waals surface area contributed by atoms with E-state index in [0.29, 0.717) is 6.61 Å². The van der Waals surface area contributed by atoms with Gasteiger partial charge in [0.05, 0.1) is 30.0 Å². The van der Waals surface area contributed by atoms with Crippen LogP contribution in [0.4, 0.5) is 0 Å². The first-order valence-corrected chi connectivity index (χ1v) is 10.9. The van der Waals surface area contributed by atoms with E-state index in [2.05, 4.69) is 39.7 Å². The van der Waals surface area contributed by atoms with Gasteiger partial charge in [-0.05, 0) is 57.7 Å². The number of fused-ring (bicyclic) bond motifs is 4. The number of hydrogen-bond acceptors (Lipinski definition) is 5. The summed E-state index contributed by atoms with van der Waals surface area (Å²) < 4.78 is 19.1. The maximum absolute atomic E-state index is 11.9. The second-order valence-corrected chi connectivity index (χ2v) is 10.6. The second kappa shape index (κ2) is 4.94. The van der Waals surface area contributed by atoms with E-state index in [1.165, 1.54) is 11.1 Å². The van der Waals surface area contributed by atoms with Crippen LogP contribution in [0.2, 0.25) is 0 Å². The molecule has 0 aromatic heterocycles. The summed E-state index contributed by atoms with van der Waals surface area (Å²) >= 11 is 0. The molecule has 4 aliphatic carbocycles. The highest BCUT2D eigenvalue weighted by atomic mass is 16.7. The van der Waals surface area contributed by atoms with Crippen molar-refractivity contribution in [1.29, 1.82) is 0 Å². The summed E-state index contributed by atoms with van der Waals surface area (Å²) in [7, 11) is 2.08. The van der Waals surface area contributed by atoms with Crippen molar-refractivity contribution in [2.75, 3.05) is 13.7 Å². The summed E-state index contributed by atoms with van der Waals surface area (Å²) in [5.74, 6) is 0. The van der Waals surface area contributed by atoms with Crippen LogP contribution >= 0.6 is 0 Å². The van der Waals surface area contributed by atoms with E-state index in [1.807, 2.05) is 0 Å². The number of hydrogen-bond donors (Lipinski definition) is 2. The highest BCUT2D eigenvalue weighted by Crippen LogP contribution is 2.86. The lowest BCUT2D eigenvalue weighted by molar-refractivity contribution is -0.406. The van der Waals surface area contributed by atoms with Crippen molar-refractivity contribution in [2.24, 2.45) is 16.2 Å². The van der Waals surface area contributed by atoms with Crippen LogP contribution in [0.1, 0.15) is 52.9 Å². The quantitative estimate of drug-likeness (QED) is 0.714. The normalized spacial score (nSPS) is 61.3. The number of ether oxygens (including phenoxy) is 3. The molecule has 154 valence electrons. The standard InChI is InChI=1S/C23H33NO4/c1-6-15-27-17-16-13(2)7-10-21(25)11-23(20(16,21)4)19(3,18(17)28-15)9-8-14-22(23,24-5)12-26-14/h6,14-15,17-18,24-25H,1,7-12H2,2-5H3/t14?,15-,17-,18?,19+,20?,21-,22?,23?/m1/s1. The van der Waals surface area contributed by atoms with E-state index in [4.69, 9.17) is 14.2 Å². The highest BCUT2D eigenvalue weighted by molar-refractivity contribution is 5.51. The second-order valence-electron chi connectivity index (χ2n) is 10.6. The zero-order valence-electron chi connectivity index (χ0n) is 17.5. The van der Waals surface area contributed by atoms with E-state index in [0.717, 1.165) is 32.1 Å². The lowest BCUT2D eigenvalue weighted by Gasteiger charge is -2.86. The monoisotopic (exact) mass is 387 g/mol. The van der Waals surface area contributed by atoms with Crippen LogP contribution in [-0.2, 0) is 14.2 Å². The predicted octanol–water partition coefficient (Wildman–Crippen LogP) is 2.69. The molecule has 2 saturated heterocycles. The Morgan fingerprint density at radius 1 is 1.25 bits per heavy atom. The number of likely N-dealkylation sites (N-methyl/N-ethyl adjacent to an activating group) is 1. The van der Waals surface area contributed by atoms with Gasteiger partial charge in [-0.15, -0.1) is 0 Å². The average Bonchev–Trinajstić information content (AvgIpc) is 3.07. The molecule has 0 aromatic carbocycles. The van der Waals surface area contributed by atoms with Gasteiger partial charge < -0.3 is 24.6 Å². The molecule has 3 saturated carbocycles. The molecule has 0 radical (unpaired) electrons. The minimum Gasteiger partial charge on any atom is -0.389 e. The summed E-state index contributed by atoms with van der Waals surface area (Å²) in [4.78, 5) is 0. The van der Waals surface area contributed by atoms with Crippen LogP contribution in [0.15, 0.2) is 23.8 Å². The molecule has 9 atom stereocenters. The van der Waals surface area contributed by atoms with Crippen molar-refractivity contribution in [3.63, 3.8) is 0 Å². The Kier molecular flexibility index (Phi) is 3.19. The first kappa shape index (κ1) is 18.1. The SMILES string of the molecule is C=C[C@H]1OC2[C@H](O1)C1=C(C)CC[C@@]3(O)CC4(C5(NC)COC5CC[C@@]24C)C13C. The van der Waals surface area contributed by atoms with Gasteiger partial charge in [-0.3, -0.25) is 0 Å². The van der Waals surface area contributed by atoms with Crippen molar-refractivity contribution in [2.45, 2.75) is 88.6 Å². The maximum Gasteiger partial charge on any atom is 0.177 e. The van der Waals surface area contributed by atoms with Crippen LogP contribution in [0.5, 0.6) is 0 Å². The Morgan fingerprint density at radius 3 is 2.68 bits per heavy atom. The van der Waals surface area contributed by atoms with Gasteiger partial charge in [0.1, 0.15) is 6.10 Å². The van der Waals surface area contributed by atoms with Crippen molar-refractivity contribution in [3.05, 3.63) is 23.8 Å². The molecule has 6 rings (SSSR count). The van der Waals surface area contributed by atoms with Crippen LogP contribution in [-0.4, -0.2) is 54.5 Å². The third kappa shape index (κ3) is 1.42. The van der Waals surface area contributed by atoms with E-state index >= 15 is 0 Å². The zero-order chi connectivity index (χ0) is 19.7. The van der Waals surface area contributed by atoms with Gasteiger partial charge in [-0.25, -0.2) is 0 Å². The minimum absolute atomic E-state index is 0.0112. The van der Waals surface area contributed by atoms with Gasteiger partial charge in [0.15, 0.2) is 6.29 Å². The lowest BCUT2D eigenvalue weighted by Crippen LogP contribution is -2.94. The Bertz CT molecular complexity index is 806. The predicted molar refractivity (Wildman–Crippen MR) is 105 cm³/mol. The summed E-state index contributed by atoms with van der Waals surface area (Å²) in [5.41, 5.74) is 1.35. The van der Waals surface area contributed by atoms with Gasteiger partial charge in [-0.1, -0.05) is 26.0 Å². The molecule has 28 heavy (non-hydrogen) atoms. The molecule has 2 N–H and O–H groups in total. The summed E-state index contributed by atoms with van der Waals surface area (Å²) in [6.45, 7) is 11.6. The van der Waals surface area contributed by atoms with E-state index in [1.54, 1.807) is 6.08 Å². The Morgan fingerprint density at radius 2 is 2.04 bits per heavy atom. The van der Waals surface area contributed by atoms with E-state index < -0.39 is 5.60 Å². The van der Waals surface area contributed by atoms with Gasteiger partial charge >= 0.3 is 0 Å². The van der Waals surface area contributed by atoms with Gasteiger partial charge in [0, 0.05) is 16.2 Å². The molecule has 5 fully saturated rings. The Balaban J connectivity index is 1.66. The minimum atomic E-state index is -0.676. The third-order valence-corrected chi connectivity index (χ3v) is 10.4. The van der Waals surface area contributed by atoms with Crippen LogP contribution < -0.4 is 5.32 Å². The number of allylic oxidation sites excluding steroid dienone is 1. The fourth-order valence-corrected chi connectivity index (χ4v) is 9.12. The summed E-state index contributed by atoms with van der Waals surface area (Å²) in [6, 6.07) is 0. The fraction of sp³-hybridized carbons (Fsp3) is 0.826. The molecular formula is C23H33NO4. The molecule has 5 unspecified atom stereocenters. The largest absolute Gasteiger partial charge is 0.389 e.